The van der Waals surface area contributed by atoms with Gasteiger partial charge in [0, 0.05) is 6.04 Å². The Balaban J connectivity index is 1.97. The quantitative estimate of drug-likeness (QED) is 0.849. The van der Waals surface area contributed by atoms with Crippen molar-refractivity contribution in [3.05, 3.63) is 35.6 Å². The molecule has 1 aliphatic rings. The maximum Gasteiger partial charge on any atom is 0.334 e. The lowest BCUT2D eigenvalue weighted by atomic mass is 9.89. The summed E-state index contributed by atoms with van der Waals surface area (Å²) >= 11 is 0. The normalized spacial score (nSPS) is 19.6. The lowest BCUT2D eigenvalue weighted by Gasteiger charge is -2.38. The van der Waals surface area contributed by atoms with Gasteiger partial charge in [-0.3, -0.25) is 4.90 Å². The van der Waals surface area contributed by atoms with Gasteiger partial charge >= 0.3 is 5.97 Å². The number of hydrogen-bond donors (Lipinski definition) is 1. The molecular formula is C17H24FNO3. The molecule has 5 heteroatoms. The van der Waals surface area contributed by atoms with Crippen molar-refractivity contribution < 1.29 is 19.0 Å². The molecule has 1 saturated heterocycles. The molecule has 2 rings (SSSR count). The number of ether oxygens (including phenoxy) is 1. The Morgan fingerprint density at radius 1 is 1.36 bits per heavy atom. The van der Waals surface area contributed by atoms with Crippen molar-refractivity contribution in [2.75, 3.05) is 20.2 Å². The van der Waals surface area contributed by atoms with Crippen LogP contribution in [0.1, 0.15) is 37.8 Å². The van der Waals surface area contributed by atoms with Crippen LogP contribution >= 0.6 is 0 Å². The van der Waals surface area contributed by atoms with Crippen molar-refractivity contribution in [1.29, 1.82) is 0 Å². The number of piperidine rings is 1. The van der Waals surface area contributed by atoms with Crippen molar-refractivity contribution in [3.8, 4) is 0 Å². The number of nitrogens with zero attached hydrogens (tertiary/aromatic N) is 1. The first-order valence-electron chi connectivity index (χ1n) is 7.82. The molecule has 0 unspecified atom stereocenters. The molecule has 1 fully saturated rings. The van der Waals surface area contributed by atoms with Crippen LogP contribution in [0, 0.1) is 11.7 Å². The molecule has 122 valence electrons. The Kier molecular flexibility index (Phi) is 5.91. The van der Waals surface area contributed by atoms with Crippen LogP contribution < -0.4 is 0 Å². The molecule has 0 bridgehead atoms. The molecule has 1 aromatic carbocycles. The van der Waals surface area contributed by atoms with E-state index in [1.54, 1.807) is 0 Å². The van der Waals surface area contributed by atoms with Crippen LogP contribution in [-0.4, -0.2) is 42.3 Å². The van der Waals surface area contributed by atoms with E-state index >= 15 is 0 Å². The monoisotopic (exact) mass is 309 g/mol. The van der Waals surface area contributed by atoms with Gasteiger partial charge in [-0.25, -0.2) is 9.18 Å². The van der Waals surface area contributed by atoms with Gasteiger partial charge < -0.3 is 9.84 Å². The number of benzene rings is 1. The Hall–Kier alpha value is -1.46. The second kappa shape index (κ2) is 7.70. The average molecular weight is 309 g/mol. The first-order chi connectivity index (χ1) is 10.6. The van der Waals surface area contributed by atoms with Crippen LogP contribution in [0.25, 0.3) is 0 Å². The molecule has 0 spiro atoms. The van der Waals surface area contributed by atoms with Gasteiger partial charge in [0.25, 0.3) is 0 Å². The number of carbonyl (C=O) groups excluding carboxylic acids is 1. The highest BCUT2D eigenvalue weighted by atomic mass is 19.1. The number of rotatable bonds is 5. The van der Waals surface area contributed by atoms with E-state index in [2.05, 4.69) is 16.6 Å². The molecule has 1 aromatic rings. The number of esters is 1. The zero-order valence-electron chi connectivity index (χ0n) is 13.2. The molecule has 1 heterocycles. The van der Waals surface area contributed by atoms with Crippen molar-refractivity contribution in [2.45, 2.75) is 38.3 Å². The van der Waals surface area contributed by atoms with E-state index < -0.39 is 12.1 Å². The Labute approximate surface area is 130 Å². The predicted molar refractivity (Wildman–Crippen MR) is 81.8 cm³/mol. The molecule has 0 radical (unpaired) electrons. The van der Waals surface area contributed by atoms with E-state index in [4.69, 9.17) is 0 Å². The van der Waals surface area contributed by atoms with Gasteiger partial charge in [0.2, 0.25) is 0 Å². The van der Waals surface area contributed by atoms with Gasteiger partial charge in [-0.2, -0.15) is 0 Å². The molecule has 1 aliphatic heterocycles. The number of likely N-dealkylation sites (tertiary alicyclic amines) is 1. The minimum Gasteiger partial charge on any atom is -0.467 e. The van der Waals surface area contributed by atoms with Crippen molar-refractivity contribution in [3.63, 3.8) is 0 Å². The summed E-state index contributed by atoms with van der Waals surface area (Å²) in [5, 5.41) is 9.94. The number of methoxy groups -OCH3 is 1. The molecule has 1 N–H and O–H groups in total. The number of carbonyl (C=O) groups is 1. The van der Waals surface area contributed by atoms with Crippen LogP contribution in [0.5, 0.6) is 0 Å². The number of aliphatic hydroxyl groups is 1. The van der Waals surface area contributed by atoms with Gasteiger partial charge in [-0.1, -0.05) is 19.1 Å². The SMILES string of the molecule is CC[C@@H](c1ccc(F)cc1)N1CCC([C@@H](O)C(=O)OC)CC1. The van der Waals surface area contributed by atoms with Crippen molar-refractivity contribution >= 4 is 5.97 Å². The topological polar surface area (TPSA) is 49.8 Å². The van der Waals surface area contributed by atoms with Crippen LogP contribution in [0.3, 0.4) is 0 Å². The van der Waals surface area contributed by atoms with Crippen molar-refractivity contribution in [1.82, 2.24) is 4.90 Å². The van der Waals surface area contributed by atoms with E-state index in [0.717, 1.165) is 37.9 Å². The fourth-order valence-electron chi connectivity index (χ4n) is 3.25. The Morgan fingerprint density at radius 3 is 2.45 bits per heavy atom. The minimum atomic E-state index is -1.03. The highest BCUT2D eigenvalue weighted by Gasteiger charge is 2.32. The number of halogens is 1. The summed E-state index contributed by atoms with van der Waals surface area (Å²) in [6.45, 7) is 3.74. The largest absolute Gasteiger partial charge is 0.467 e. The van der Waals surface area contributed by atoms with E-state index in [1.165, 1.54) is 19.2 Å². The lowest BCUT2D eigenvalue weighted by Crippen LogP contribution is -2.42. The summed E-state index contributed by atoms with van der Waals surface area (Å²) in [5.41, 5.74) is 1.11. The van der Waals surface area contributed by atoms with Gasteiger partial charge in [0.15, 0.2) is 6.10 Å². The summed E-state index contributed by atoms with van der Waals surface area (Å²) < 4.78 is 17.7. The summed E-state index contributed by atoms with van der Waals surface area (Å²) in [5.74, 6) is -0.822. The molecular weight excluding hydrogens is 285 g/mol. The predicted octanol–water partition coefficient (Wildman–Crippen LogP) is 2.52. The van der Waals surface area contributed by atoms with Crippen molar-refractivity contribution in [2.24, 2.45) is 5.92 Å². The molecule has 2 atom stereocenters. The zero-order valence-corrected chi connectivity index (χ0v) is 13.2. The maximum atomic E-state index is 13.1. The summed E-state index contributed by atoms with van der Waals surface area (Å²) in [7, 11) is 1.29. The lowest BCUT2D eigenvalue weighted by molar-refractivity contribution is -0.154. The second-order valence-corrected chi connectivity index (χ2v) is 5.82. The second-order valence-electron chi connectivity index (χ2n) is 5.82. The number of aliphatic hydroxyl groups excluding tert-OH is 1. The van der Waals surface area contributed by atoms with Gasteiger partial charge in [-0.15, -0.1) is 0 Å². The van der Waals surface area contributed by atoms with E-state index in [9.17, 15) is 14.3 Å². The molecule has 4 nitrogen and oxygen atoms in total. The smallest absolute Gasteiger partial charge is 0.334 e. The Bertz CT molecular complexity index is 483. The molecule has 22 heavy (non-hydrogen) atoms. The third-order valence-corrected chi connectivity index (χ3v) is 4.55. The van der Waals surface area contributed by atoms with Gasteiger partial charge in [0.1, 0.15) is 5.82 Å². The molecule has 0 aliphatic carbocycles. The third-order valence-electron chi connectivity index (χ3n) is 4.55. The first-order valence-corrected chi connectivity index (χ1v) is 7.82. The molecule has 0 amide bonds. The van der Waals surface area contributed by atoms with Crippen LogP contribution in [0.2, 0.25) is 0 Å². The van der Waals surface area contributed by atoms with Gasteiger partial charge in [-0.05, 0) is 56.0 Å². The van der Waals surface area contributed by atoms with E-state index in [0.29, 0.717) is 0 Å². The van der Waals surface area contributed by atoms with Crippen LogP contribution in [-0.2, 0) is 9.53 Å². The van der Waals surface area contributed by atoms with Crippen LogP contribution in [0.15, 0.2) is 24.3 Å². The third kappa shape index (κ3) is 3.84. The minimum absolute atomic E-state index is 0.0468. The molecule has 0 aromatic heterocycles. The van der Waals surface area contributed by atoms with E-state index in [-0.39, 0.29) is 17.8 Å². The summed E-state index contributed by atoms with van der Waals surface area (Å²) in [6, 6.07) is 6.90. The summed E-state index contributed by atoms with van der Waals surface area (Å²) in [6.07, 6.45) is 1.43. The number of hydrogen-bond acceptors (Lipinski definition) is 4. The Morgan fingerprint density at radius 2 is 1.95 bits per heavy atom. The van der Waals surface area contributed by atoms with E-state index in [1.807, 2.05) is 12.1 Å². The highest BCUT2D eigenvalue weighted by Crippen LogP contribution is 2.30. The standard InChI is InChI=1S/C17H24FNO3/c1-3-15(12-4-6-14(18)7-5-12)19-10-8-13(9-11-19)16(20)17(21)22-2/h4-7,13,15-16,20H,3,8-11H2,1-2H3/t15-,16+/m0/s1. The van der Waals surface area contributed by atoms with Crippen LogP contribution in [0.4, 0.5) is 4.39 Å². The molecule has 0 saturated carbocycles. The fourth-order valence-corrected chi connectivity index (χ4v) is 3.25. The fraction of sp³-hybridized carbons (Fsp3) is 0.588. The average Bonchev–Trinajstić information content (AvgIpc) is 2.56. The maximum absolute atomic E-state index is 13.1. The first kappa shape index (κ1) is 16.9. The van der Waals surface area contributed by atoms with Gasteiger partial charge in [0.05, 0.1) is 7.11 Å². The highest BCUT2D eigenvalue weighted by molar-refractivity contribution is 5.74. The zero-order chi connectivity index (χ0) is 16.1. The summed E-state index contributed by atoms with van der Waals surface area (Å²) in [4.78, 5) is 13.8.